The van der Waals surface area contributed by atoms with Crippen LogP contribution in [0.4, 0.5) is 0 Å². The van der Waals surface area contributed by atoms with Gasteiger partial charge in [0.15, 0.2) is 0 Å². The highest BCUT2D eigenvalue weighted by molar-refractivity contribution is 4.79. The Hall–Kier alpha value is -1.67. The molecule has 0 amide bonds. The molecule has 0 fully saturated rings. The van der Waals surface area contributed by atoms with Crippen LogP contribution in [0.5, 0.6) is 0 Å². The smallest absolute Gasteiger partial charge is 0.329 e. The minimum Gasteiger partial charge on any atom is -0.329 e. The molecule has 8 heteroatoms. The number of hydrogen-bond acceptors (Lipinski definition) is 5. The molecule has 0 aliphatic rings. The van der Waals surface area contributed by atoms with E-state index in [1.54, 1.807) is 6.92 Å². The molecular weight excluding hydrogens is 226 g/mol. The highest BCUT2D eigenvalue weighted by atomic mass is 16.2. The van der Waals surface area contributed by atoms with Gasteiger partial charge in [-0.1, -0.05) is 0 Å². The maximum atomic E-state index is 11.9. The van der Waals surface area contributed by atoms with Gasteiger partial charge in [-0.3, -0.25) is 0 Å². The summed E-state index contributed by atoms with van der Waals surface area (Å²) in [5, 5.41) is 0. The molecule has 0 aliphatic heterocycles. The third-order valence-corrected chi connectivity index (χ3v) is 2.41. The molecule has 1 heterocycles. The van der Waals surface area contributed by atoms with E-state index < -0.39 is 17.1 Å². The molecule has 0 aliphatic carbocycles. The third-order valence-electron chi connectivity index (χ3n) is 2.41. The van der Waals surface area contributed by atoms with Gasteiger partial charge in [0.1, 0.15) is 0 Å². The summed E-state index contributed by atoms with van der Waals surface area (Å²) in [6, 6.07) is 0. The van der Waals surface area contributed by atoms with Gasteiger partial charge in [-0.05, 0) is 6.92 Å². The lowest BCUT2D eigenvalue weighted by atomic mass is 10.5. The molecule has 0 saturated carbocycles. The standard InChI is InChI=1S/C9H17N5O3/c1-2-12-7(15)13(5-3-10)9(17)14(6-4-11)8(12)16/h2-6,10-11H2,1H3. The Morgan fingerprint density at radius 2 is 1.18 bits per heavy atom. The van der Waals surface area contributed by atoms with E-state index in [4.69, 9.17) is 11.5 Å². The van der Waals surface area contributed by atoms with Crippen molar-refractivity contribution >= 4 is 0 Å². The molecule has 1 rings (SSSR count). The fraction of sp³-hybridized carbons (Fsp3) is 0.667. The second-order valence-corrected chi connectivity index (χ2v) is 3.47. The van der Waals surface area contributed by atoms with Crippen molar-refractivity contribution in [2.75, 3.05) is 13.1 Å². The van der Waals surface area contributed by atoms with Gasteiger partial charge in [0.25, 0.3) is 0 Å². The van der Waals surface area contributed by atoms with Crippen molar-refractivity contribution in [3.05, 3.63) is 31.5 Å². The van der Waals surface area contributed by atoms with Crippen LogP contribution in [0.1, 0.15) is 6.92 Å². The normalized spacial score (nSPS) is 10.8. The monoisotopic (exact) mass is 243 g/mol. The first-order valence-corrected chi connectivity index (χ1v) is 5.43. The van der Waals surface area contributed by atoms with Crippen LogP contribution < -0.4 is 28.5 Å². The zero-order valence-corrected chi connectivity index (χ0v) is 9.76. The van der Waals surface area contributed by atoms with E-state index in [2.05, 4.69) is 0 Å². The highest BCUT2D eigenvalue weighted by Crippen LogP contribution is 1.75. The lowest BCUT2D eigenvalue weighted by Crippen LogP contribution is -2.55. The Bertz CT molecular complexity index is 509. The van der Waals surface area contributed by atoms with Crippen LogP contribution >= 0.6 is 0 Å². The van der Waals surface area contributed by atoms with Crippen molar-refractivity contribution < 1.29 is 0 Å². The predicted octanol–water partition coefficient (Wildman–Crippen LogP) is -2.89. The van der Waals surface area contributed by atoms with Crippen LogP contribution in [0.15, 0.2) is 14.4 Å². The van der Waals surface area contributed by atoms with Crippen LogP contribution in [-0.4, -0.2) is 26.8 Å². The van der Waals surface area contributed by atoms with Crippen LogP contribution in [0.2, 0.25) is 0 Å². The van der Waals surface area contributed by atoms with Crippen molar-refractivity contribution in [2.24, 2.45) is 11.5 Å². The number of hydrogen-bond donors (Lipinski definition) is 2. The van der Waals surface area contributed by atoms with Gasteiger partial charge < -0.3 is 11.5 Å². The maximum Gasteiger partial charge on any atom is 0.336 e. The predicted molar refractivity (Wildman–Crippen MR) is 63.0 cm³/mol. The van der Waals surface area contributed by atoms with Crippen molar-refractivity contribution in [3.63, 3.8) is 0 Å². The summed E-state index contributed by atoms with van der Waals surface area (Å²) >= 11 is 0. The van der Waals surface area contributed by atoms with E-state index >= 15 is 0 Å². The van der Waals surface area contributed by atoms with Crippen molar-refractivity contribution in [1.82, 2.24) is 13.7 Å². The Morgan fingerprint density at radius 3 is 1.47 bits per heavy atom. The molecule has 0 unspecified atom stereocenters. The lowest BCUT2D eigenvalue weighted by Gasteiger charge is -2.11. The zero-order valence-electron chi connectivity index (χ0n) is 9.76. The lowest BCUT2D eigenvalue weighted by molar-refractivity contribution is 0.459. The van der Waals surface area contributed by atoms with Gasteiger partial charge in [0.2, 0.25) is 0 Å². The summed E-state index contributed by atoms with van der Waals surface area (Å²) in [4.78, 5) is 35.5. The fourth-order valence-corrected chi connectivity index (χ4v) is 1.59. The van der Waals surface area contributed by atoms with Gasteiger partial charge in [-0.25, -0.2) is 28.1 Å². The quantitative estimate of drug-likeness (QED) is 0.575. The molecule has 0 aromatic carbocycles. The topological polar surface area (TPSA) is 118 Å². The van der Waals surface area contributed by atoms with Gasteiger partial charge >= 0.3 is 17.1 Å². The molecule has 1 aromatic rings. The van der Waals surface area contributed by atoms with Crippen LogP contribution in [-0.2, 0) is 19.6 Å². The Kier molecular flexibility index (Phi) is 4.41. The molecule has 1 aromatic heterocycles. The summed E-state index contributed by atoms with van der Waals surface area (Å²) in [7, 11) is 0. The molecular formula is C9H17N5O3. The minimum absolute atomic E-state index is 0.0858. The maximum absolute atomic E-state index is 11.9. The molecule has 4 N–H and O–H groups in total. The van der Waals surface area contributed by atoms with Gasteiger partial charge in [0, 0.05) is 32.7 Å². The van der Waals surface area contributed by atoms with E-state index in [9.17, 15) is 14.4 Å². The van der Waals surface area contributed by atoms with Crippen LogP contribution in [0.3, 0.4) is 0 Å². The number of nitrogens with two attached hydrogens (primary N) is 2. The van der Waals surface area contributed by atoms with Crippen molar-refractivity contribution in [2.45, 2.75) is 26.6 Å². The van der Waals surface area contributed by atoms with E-state index in [1.165, 1.54) is 0 Å². The molecule has 0 bridgehead atoms. The average Bonchev–Trinajstić information content (AvgIpc) is 2.31. The summed E-state index contributed by atoms with van der Waals surface area (Å²) in [5.74, 6) is 0. The number of nitrogens with zero attached hydrogens (tertiary/aromatic N) is 3. The summed E-state index contributed by atoms with van der Waals surface area (Å²) in [5.41, 5.74) is 8.76. The first-order chi connectivity index (χ1) is 8.08. The molecule has 0 radical (unpaired) electrons. The first kappa shape index (κ1) is 13.4. The molecule has 0 saturated heterocycles. The molecule has 0 atom stereocenters. The molecule has 0 spiro atoms. The van der Waals surface area contributed by atoms with Gasteiger partial charge in [0.05, 0.1) is 0 Å². The van der Waals surface area contributed by atoms with Crippen LogP contribution in [0, 0.1) is 0 Å². The second-order valence-electron chi connectivity index (χ2n) is 3.47. The summed E-state index contributed by atoms with van der Waals surface area (Å²) in [6.45, 7) is 2.34. The van der Waals surface area contributed by atoms with Gasteiger partial charge in [-0.15, -0.1) is 0 Å². The number of aromatic nitrogens is 3. The summed E-state index contributed by atoms with van der Waals surface area (Å²) < 4.78 is 2.91. The number of rotatable bonds is 5. The van der Waals surface area contributed by atoms with E-state index in [0.717, 1.165) is 13.7 Å². The summed E-state index contributed by atoms with van der Waals surface area (Å²) in [6.07, 6.45) is 0. The Morgan fingerprint density at radius 1 is 0.824 bits per heavy atom. The van der Waals surface area contributed by atoms with Crippen LogP contribution in [0.25, 0.3) is 0 Å². The Labute approximate surface area is 97.1 Å². The Balaban J connectivity index is 3.64. The minimum atomic E-state index is -0.652. The van der Waals surface area contributed by atoms with Gasteiger partial charge in [-0.2, -0.15) is 0 Å². The average molecular weight is 243 g/mol. The van der Waals surface area contributed by atoms with E-state index in [1.807, 2.05) is 0 Å². The van der Waals surface area contributed by atoms with E-state index in [-0.39, 0.29) is 32.7 Å². The third kappa shape index (κ3) is 2.37. The molecule has 17 heavy (non-hydrogen) atoms. The van der Waals surface area contributed by atoms with Crippen molar-refractivity contribution in [1.29, 1.82) is 0 Å². The molecule has 8 nitrogen and oxygen atoms in total. The first-order valence-electron chi connectivity index (χ1n) is 5.43. The van der Waals surface area contributed by atoms with Crippen molar-refractivity contribution in [3.8, 4) is 0 Å². The fourth-order valence-electron chi connectivity index (χ4n) is 1.59. The zero-order chi connectivity index (χ0) is 13.0. The SMILES string of the molecule is CCn1c(=O)n(CCN)c(=O)n(CCN)c1=O. The highest BCUT2D eigenvalue weighted by Gasteiger charge is 2.12. The van der Waals surface area contributed by atoms with E-state index in [0.29, 0.717) is 0 Å². The largest absolute Gasteiger partial charge is 0.336 e. The molecule has 96 valence electrons. The second kappa shape index (κ2) is 5.60.